The molecule has 1 aromatic heterocycles. The van der Waals surface area contributed by atoms with E-state index in [1.165, 1.54) is 9.74 Å². The second kappa shape index (κ2) is 6.74. The standard InChI is InChI=1S/C18H19N3O3/c1-13(22)12-24-21(14-6-3-2-4-7-14)18(23)16-8-5-9-17-15(16)10-11-20(17)19/h2-11,13,22H,12,19H2,1H3. The molecule has 0 fully saturated rings. The van der Waals surface area contributed by atoms with Crippen molar-refractivity contribution in [1.29, 1.82) is 0 Å². The summed E-state index contributed by atoms with van der Waals surface area (Å²) in [5.41, 5.74) is 1.82. The lowest BCUT2D eigenvalue weighted by atomic mass is 10.1. The van der Waals surface area contributed by atoms with E-state index in [0.29, 0.717) is 11.3 Å². The van der Waals surface area contributed by atoms with Crippen molar-refractivity contribution >= 4 is 22.5 Å². The first-order valence-corrected chi connectivity index (χ1v) is 7.63. The number of hydrogen-bond acceptors (Lipinski definition) is 4. The Hall–Kier alpha value is -2.83. The van der Waals surface area contributed by atoms with Crippen LogP contribution in [0.1, 0.15) is 17.3 Å². The molecule has 1 heterocycles. The van der Waals surface area contributed by atoms with Crippen molar-refractivity contribution in [3.8, 4) is 0 Å². The topological polar surface area (TPSA) is 80.7 Å². The van der Waals surface area contributed by atoms with Crippen molar-refractivity contribution in [2.45, 2.75) is 13.0 Å². The van der Waals surface area contributed by atoms with E-state index in [-0.39, 0.29) is 12.5 Å². The Labute approximate surface area is 139 Å². The molecule has 1 atom stereocenters. The normalized spacial score (nSPS) is 12.2. The van der Waals surface area contributed by atoms with Gasteiger partial charge in [0.15, 0.2) is 0 Å². The molecule has 0 aliphatic heterocycles. The third-order valence-electron chi connectivity index (χ3n) is 3.61. The highest BCUT2D eigenvalue weighted by Gasteiger charge is 2.22. The Balaban J connectivity index is 2.01. The zero-order valence-electron chi connectivity index (χ0n) is 13.3. The smallest absolute Gasteiger partial charge is 0.282 e. The maximum absolute atomic E-state index is 13.1. The molecule has 6 heteroatoms. The molecule has 3 rings (SSSR count). The van der Waals surface area contributed by atoms with Gasteiger partial charge in [-0.15, -0.1) is 0 Å². The van der Waals surface area contributed by atoms with Gasteiger partial charge < -0.3 is 10.9 Å². The van der Waals surface area contributed by atoms with Crippen LogP contribution < -0.4 is 10.9 Å². The van der Waals surface area contributed by atoms with E-state index in [2.05, 4.69) is 0 Å². The number of nitrogens with zero attached hydrogens (tertiary/aromatic N) is 2. The summed E-state index contributed by atoms with van der Waals surface area (Å²) < 4.78 is 1.47. The summed E-state index contributed by atoms with van der Waals surface area (Å²) in [6.07, 6.45) is 1.01. The molecular formula is C18H19N3O3. The first-order valence-electron chi connectivity index (χ1n) is 7.63. The molecule has 3 aromatic rings. The van der Waals surface area contributed by atoms with Gasteiger partial charge in [-0.05, 0) is 37.3 Å². The van der Waals surface area contributed by atoms with E-state index < -0.39 is 6.10 Å². The Bertz CT molecular complexity index is 843. The SMILES string of the molecule is CC(O)CON(C(=O)c1cccc2c1ccn2N)c1ccccc1. The van der Waals surface area contributed by atoms with Crippen LogP contribution in [0.3, 0.4) is 0 Å². The number of hydrogen-bond donors (Lipinski definition) is 2. The van der Waals surface area contributed by atoms with Crippen LogP contribution in [0.4, 0.5) is 5.69 Å². The van der Waals surface area contributed by atoms with Crippen molar-refractivity contribution in [1.82, 2.24) is 4.68 Å². The number of fused-ring (bicyclic) bond motifs is 1. The Morgan fingerprint density at radius 1 is 1.21 bits per heavy atom. The fourth-order valence-corrected chi connectivity index (χ4v) is 2.48. The number of nitrogens with two attached hydrogens (primary N) is 1. The van der Waals surface area contributed by atoms with Crippen molar-refractivity contribution < 1.29 is 14.7 Å². The van der Waals surface area contributed by atoms with Crippen LogP contribution in [0.15, 0.2) is 60.8 Å². The quantitative estimate of drug-likeness (QED) is 0.557. The van der Waals surface area contributed by atoms with E-state index >= 15 is 0 Å². The number of anilines is 1. The molecule has 0 bridgehead atoms. The van der Waals surface area contributed by atoms with Crippen molar-refractivity contribution in [2.75, 3.05) is 17.5 Å². The molecule has 0 saturated heterocycles. The summed E-state index contributed by atoms with van der Waals surface area (Å²) >= 11 is 0. The Morgan fingerprint density at radius 2 is 1.96 bits per heavy atom. The lowest BCUT2D eigenvalue weighted by Gasteiger charge is -2.23. The van der Waals surface area contributed by atoms with Crippen LogP contribution in [0.2, 0.25) is 0 Å². The summed E-state index contributed by atoms with van der Waals surface area (Å²) in [5.74, 6) is 5.54. The van der Waals surface area contributed by atoms with E-state index in [1.807, 2.05) is 24.3 Å². The molecule has 24 heavy (non-hydrogen) atoms. The monoisotopic (exact) mass is 325 g/mol. The van der Waals surface area contributed by atoms with Crippen LogP contribution >= 0.6 is 0 Å². The molecule has 3 N–H and O–H groups in total. The lowest BCUT2D eigenvalue weighted by molar-refractivity contribution is 0.0282. The molecule has 0 spiro atoms. The van der Waals surface area contributed by atoms with Gasteiger partial charge in [0.25, 0.3) is 5.91 Å². The number of hydroxylamine groups is 1. The number of aliphatic hydroxyl groups excluding tert-OH is 1. The summed E-state index contributed by atoms with van der Waals surface area (Å²) in [6, 6.07) is 16.2. The van der Waals surface area contributed by atoms with Crippen molar-refractivity contribution in [2.24, 2.45) is 0 Å². The van der Waals surface area contributed by atoms with Gasteiger partial charge in [-0.1, -0.05) is 24.3 Å². The fourth-order valence-electron chi connectivity index (χ4n) is 2.48. The van der Waals surface area contributed by atoms with E-state index in [1.54, 1.807) is 43.5 Å². The second-order valence-electron chi connectivity index (χ2n) is 5.54. The zero-order valence-corrected chi connectivity index (χ0v) is 13.3. The van der Waals surface area contributed by atoms with Crippen molar-refractivity contribution in [3.63, 3.8) is 0 Å². The number of benzene rings is 2. The molecule has 0 aliphatic carbocycles. The first-order chi connectivity index (χ1) is 11.6. The number of para-hydroxylation sites is 1. The molecular weight excluding hydrogens is 306 g/mol. The van der Waals surface area contributed by atoms with Gasteiger partial charge in [-0.3, -0.25) is 14.3 Å². The van der Waals surface area contributed by atoms with Gasteiger partial charge in [-0.2, -0.15) is 5.06 Å². The fraction of sp³-hybridized carbons (Fsp3) is 0.167. The predicted octanol–water partition coefficient (Wildman–Crippen LogP) is 2.31. The first kappa shape index (κ1) is 16.0. The second-order valence-corrected chi connectivity index (χ2v) is 5.54. The van der Waals surface area contributed by atoms with Gasteiger partial charge in [0.1, 0.15) is 6.61 Å². The number of carbonyl (C=O) groups excluding carboxylic acids is 1. The highest BCUT2D eigenvalue weighted by molar-refractivity contribution is 6.12. The van der Waals surface area contributed by atoms with E-state index in [0.717, 1.165) is 10.9 Å². The maximum atomic E-state index is 13.1. The van der Waals surface area contributed by atoms with Crippen molar-refractivity contribution in [3.05, 3.63) is 66.4 Å². The summed E-state index contributed by atoms with van der Waals surface area (Å²) in [6.45, 7) is 1.61. The Kier molecular flexibility index (Phi) is 4.50. The van der Waals surface area contributed by atoms with Crippen LogP contribution in [0.5, 0.6) is 0 Å². The van der Waals surface area contributed by atoms with E-state index in [4.69, 9.17) is 10.7 Å². The molecule has 1 unspecified atom stereocenters. The minimum absolute atomic E-state index is 0.00844. The average molecular weight is 325 g/mol. The van der Waals surface area contributed by atoms with Gasteiger partial charge in [0.05, 0.1) is 22.9 Å². The van der Waals surface area contributed by atoms with Gasteiger partial charge in [-0.25, -0.2) is 0 Å². The average Bonchev–Trinajstić information content (AvgIpc) is 2.97. The highest BCUT2D eigenvalue weighted by atomic mass is 16.7. The van der Waals surface area contributed by atoms with Crippen LogP contribution in [-0.4, -0.2) is 28.4 Å². The minimum Gasteiger partial charge on any atom is -0.391 e. The number of aromatic nitrogens is 1. The summed E-state index contributed by atoms with van der Waals surface area (Å²) in [5, 5.41) is 11.4. The zero-order chi connectivity index (χ0) is 17.1. The maximum Gasteiger partial charge on any atom is 0.282 e. The number of aliphatic hydroxyl groups is 1. The predicted molar refractivity (Wildman–Crippen MR) is 93.0 cm³/mol. The highest BCUT2D eigenvalue weighted by Crippen LogP contribution is 2.23. The van der Waals surface area contributed by atoms with Gasteiger partial charge >= 0.3 is 0 Å². The summed E-state index contributed by atoms with van der Waals surface area (Å²) in [4.78, 5) is 18.6. The van der Waals surface area contributed by atoms with Crippen LogP contribution in [-0.2, 0) is 4.84 Å². The summed E-state index contributed by atoms with van der Waals surface area (Å²) in [7, 11) is 0. The number of nitrogen functional groups attached to an aromatic ring is 1. The molecule has 1 amide bonds. The molecule has 0 aliphatic rings. The van der Waals surface area contributed by atoms with E-state index in [9.17, 15) is 9.90 Å². The number of carbonyl (C=O) groups is 1. The number of amides is 1. The minimum atomic E-state index is -0.690. The molecule has 124 valence electrons. The Morgan fingerprint density at radius 3 is 2.67 bits per heavy atom. The molecule has 6 nitrogen and oxygen atoms in total. The number of rotatable bonds is 5. The largest absolute Gasteiger partial charge is 0.391 e. The van der Waals surface area contributed by atoms with Gasteiger partial charge in [0, 0.05) is 11.6 Å². The molecule has 0 radical (unpaired) electrons. The van der Waals surface area contributed by atoms with Crippen LogP contribution in [0.25, 0.3) is 10.9 Å². The molecule has 2 aromatic carbocycles. The van der Waals surface area contributed by atoms with Gasteiger partial charge in [0.2, 0.25) is 0 Å². The lowest BCUT2D eigenvalue weighted by Crippen LogP contribution is -2.33. The molecule has 0 saturated carbocycles. The third-order valence-corrected chi connectivity index (χ3v) is 3.61. The third kappa shape index (κ3) is 3.10. The van der Waals surface area contributed by atoms with Crippen LogP contribution in [0, 0.1) is 0 Å².